The van der Waals surface area contributed by atoms with Crippen LogP contribution in [0.3, 0.4) is 0 Å². The van der Waals surface area contributed by atoms with E-state index in [1.54, 1.807) is 21.9 Å². The van der Waals surface area contributed by atoms with Crippen LogP contribution in [0.2, 0.25) is 0 Å². The Morgan fingerprint density at radius 3 is 2.33 bits per heavy atom. The maximum atomic E-state index is 13.7. The number of rotatable bonds is 4. The van der Waals surface area contributed by atoms with Gasteiger partial charge in [-0.1, -0.05) is 49.9 Å². The fourth-order valence-electron chi connectivity index (χ4n) is 4.84. The van der Waals surface area contributed by atoms with Gasteiger partial charge in [-0.3, -0.25) is 14.5 Å². The SMILES string of the molecule is CC(C)c1ccc(S(=O)(=O)N2CCN(C(=O)C34CCC(=O)N3c3ccccc3S4)CC2)cc1. The summed E-state index contributed by atoms with van der Waals surface area (Å²) < 4.78 is 27.7. The number of carbonyl (C=O) groups is 2. The van der Waals surface area contributed by atoms with Gasteiger partial charge in [0, 0.05) is 37.5 Å². The minimum Gasteiger partial charge on any atom is -0.337 e. The molecule has 0 spiro atoms. The minimum absolute atomic E-state index is 0.0353. The molecule has 2 aromatic rings. The van der Waals surface area contributed by atoms with E-state index in [1.807, 2.05) is 36.4 Å². The first-order chi connectivity index (χ1) is 15.7. The van der Waals surface area contributed by atoms with E-state index in [2.05, 4.69) is 13.8 Å². The van der Waals surface area contributed by atoms with Gasteiger partial charge in [-0.2, -0.15) is 4.31 Å². The van der Waals surface area contributed by atoms with E-state index in [0.717, 1.165) is 16.1 Å². The van der Waals surface area contributed by atoms with Gasteiger partial charge in [0.25, 0.3) is 5.91 Å². The maximum absolute atomic E-state index is 13.7. The van der Waals surface area contributed by atoms with E-state index in [4.69, 9.17) is 0 Å². The summed E-state index contributed by atoms with van der Waals surface area (Å²) in [7, 11) is -3.62. The molecule has 1 atom stereocenters. The van der Waals surface area contributed by atoms with Crippen molar-refractivity contribution in [3.05, 3.63) is 54.1 Å². The Kier molecular flexibility index (Phi) is 5.54. The first kappa shape index (κ1) is 22.4. The molecule has 2 amide bonds. The van der Waals surface area contributed by atoms with Crippen LogP contribution in [0.5, 0.6) is 0 Å². The number of nitrogens with zero attached hydrogens (tertiary/aromatic N) is 3. The summed E-state index contributed by atoms with van der Waals surface area (Å²) in [6, 6.07) is 14.7. The monoisotopic (exact) mass is 485 g/mol. The molecule has 2 aromatic carbocycles. The standard InChI is InChI=1S/C24H27N3O4S2/c1-17(2)18-7-9-19(10-8-18)33(30,31)26-15-13-25(14-16-26)23(29)24-12-11-22(28)27(24)20-5-3-4-6-21(20)32-24/h3-10,17H,11-16H2,1-2H3. The summed E-state index contributed by atoms with van der Waals surface area (Å²) >= 11 is 1.45. The van der Waals surface area contributed by atoms with Crippen LogP contribution in [0.1, 0.15) is 38.2 Å². The fourth-order valence-corrected chi connectivity index (χ4v) is 7.74. The number of benzene rings is 2. The van der Waals surface area contributed by atoms with Crippen LogP contribution in [0.4, 0.5) is 5.69 Å². The van der Waals surface area contributed by atoms with Crippen molar-refractivity contribution in [2.24, 2.45) is 0 Å². The second kappa shape index (κ2) is 8.14. The maximum Gasteiger partial charge on any atom is 0.259 e. The van der Waals surface area contributed by atoms with Crippen LogP contribution < -0.4 is 4.90 Å². The van der Waals surface area contributed by atoms with Crippen molar-refractivity contribution in [2.75, 3.05) is 31.1 Å². The first-order valence-electron chi connectivity index (χ1n) is 11.2. The van der Waals surface area contributed by atoms with Gasteiger partial charge in [0.2, 0.25) is 15.9 Å². The first-order valence-corrected chi connectivity index (χ1v) is 13.5. The van der Waals surface area contributed by atoms with Crippen LogP contribution in [-0.4, -0.2) is 60.5 Å². The Labute approximate surface area is 198 Å². The molecular formula is C24H27N3O4S2. The van der Waals surface area contributed by atoms with Crippen molar-refractivity contribution < 1.29 is 18.0 Å². The quantitative estimate of drug-likeness (QED) is 0.664. The van der Waals surface area contributed by atoms with Gasteiger partial charge < -0.3 is 4.90 Å². The average molecular weight is 486 g/mol. The van der Waals surface area contributed by atoms with E-state index in [0.29, 0.717) is 31.8 Å². The Balaban J connectivity index is 1.31. The van der Waals surface area contributed by atoms with Crippen LogP contribution in [0.15, 0.2) is 58.3 Å². The molecule has 33 heavy (non-hydrogen) atoms. The zero-order valence-corrected chi connectivity index (χ0v) is 20.4. The highest BCUT2D eigenvalue weighted by atomic mass is 32.2. The molecule has 0 bridgehead atoms. The third-order valence-electron chi connectivity index (χ3n) is 6.72. The Hall–Kier alpha value is -2.36. The van der Waals surface area contributed by atoms with Crippen LogP contribution in [0, 0.1) is 0 Å². The molecule has 7 nitrogen and oxygen atoms in total. The normalized spacial score (nSPS) is 23.2. The summed E-state index contributed by atoms with van der Waals surface area (Å²) in [5, 5.41) is 0. The topological polar surface area (TPSA) is 78.0 Å². The summed E-state index contributed by atoms with van der Waals surface area (Å²) in [4.78, 5) is 30.0. The smallest absolute Gasteiger partial charge is 0.259 e. The molecule has 0 saturated carbocycles. The van der Waals surface area contributed by atoms with E-state index < -0.39 is 14.9 Å². The third-order valence-corrected chi connectivity index (χ3v) is 10.1. The fraction of sp³-hybridized carbons (Fsp3) is 0.417. The molecule has 3 aliphatic heterocycles. The number of carbonyl (C=O) groups excluding carboxylic acids is 2. The van der Waals surface area contributed by atoms with Crippen LogP contribution in [0.25, 0.3) is 0 Å². The highest BCUT2D eigenvalue weighted by molar-refractivity contribution is 8.02. The zero-order valence-electron chi connectivity index (χ0n) is 18.7. The van der Waals surface area contributed by atoms with E-state index in [-0.39, 0.29) is 29.8 Å². The van der Waals surface area contributed by atoms with E-state index in [9.17, 15) is 18.0 Å². The molecule has 0 radical (unpaired) electrons. The molecule has 3 heterocycles. The lowest BCUT2D eigenvalue weighted by atomic mass is 10.0. The second-order valence-corrected chi connectivity index (χ2v) is 12.3. The Morgan fingerprint density at radius 2 is 1.67 bits per heavy atom. The van der Waals surface area contributed by atoms with Crippen molar-refractivity contribution in [1.82, 2.24) is 9.21 Å². The largest absolute Gasteiger partial charge is 0.337 e. The number of sulfonamides is 1. The van der Waals surface area contributed by atoms with Gasteiger partial charge in [0.05, 0.1) is 10.6 Å². The van der Waals surface area contributed by atoms with Crippen molar-refractivity contribution in [3.8, 4) is 0 Å². The summed E-state index contributed by atoms with van der Waals surface area (Å²) in [6.07, 6.45) is 0.804. The van der Waals surface area contributed by atoms with Crippen molar-refractivity contribution >= 4 is 39.3 Å². The van der Waals surface area contributed by atoms with Crippen molar-refractivity contribution in [1.29, 1.82) is 0 Å². The van der Waals surface area contributed by atoms with Crippen LogP contribution in [-0.2, 0) is 19.6 Å². The molecule has 5 rings (SSSR count). The van der Waals surface area contributed by atoms with Crippen molar-refractivity contribution in [3.63, 3.8) is 0 Å². The number of para-hydroxylation sites is 1. The number of thioether (sulfide) groups is 1. The number of piperazine rings is 1. The number of hydrogen-bond donors (Lipinski definition) is 0. The lowest BCUT2D eigenvalue weighted by molar-refractivity contribution is -0.135. The van der Waals surface area contributed by atoms with Gasteiger partial charge in [-0.15, -0.1) is 0 Å². The number of amides is 2. The van der Waals surface area contributed by atoms with E-state index >= 15 is 0 Å². The van der Waals surface area contributed by atoms with Crippen LogP contribution >= 0.6 is 11.8 Å². The van der Waals surface area contributed by atoms with Gasteiger partial charge in [0.15, 0.2) is 4.87 Å². The summed E-state index contributed by atoms with van der Waals surface area (Å²) in [5.41, 5.74) is 1.89. The second-order valence-electron chi connectivity index (χ2n) is 9.00. The highest BCUT2D eigenvalue weighted by Crippen LogP contribution is 2.56. The molecule has 2 saturated heterocycles. The Morgan fingerprint density at radius 1 is 1.00 bits per heavy atom. The lowest BCUT2D eigenvalue weighted by Crippen LogP contribution is -2.58. The molecular weight excluding hydrogens is 458 g/mol. The lowest BCUT2D eigenvalue weighted by Gasteiger charge is -2.39. The van der Waals surface area contributed by atoms with Gasteiger partial charge in [-0.05, 0) is 42.2 Å². The third kappa shape index (κ3) is 3.57. The molecule has 0 N–H and O–H groups in total. The average Bonchev–Trinajstić information content (AvgIpc) is 3.34. The molecule has 9 heteroatoms. The number of fused-ring (bicyclic) bond motifs is 3. The number of anilines is 1. The molecule has 1 unspecified atom stereocenters. The summed E-state index contributed by atoms with van der Waals surface area (Å²) in [5.74, 6) is 0.192. The molecule has 0 aromatic heterocycles. The zero-order chi connectivity index (χ0) is 23.4. The minimum atomic E-state index is -3.62. The highest BCUT2D eigenvalue weighted by Gasteiger charge is 2.58. The molecule has 3 aliphatic rings. The predicted molar refractivity (Wildman–Crippen MR) is 128 cm³/mol. The predicted octanol–water partition coefficient (Wildman–Crippen LogP) is 3.27. The molecule has 2 fully saturated rings. The summed E-state index contributed by atoms with van der Waals surface area (Å²) in [6.45, 7) is 5.23. The van der Waals surface area contributed by atoms with Crippen molar-refractivity contribution in [2.45, 2.75) is 47.3 Å². The molecule has 174 valence electrons. The number of hydrogen-bond acceptors (Lipinski definition) is 5. The Bertz CT molecular complexity index is 1200. The van der Waals surface area contributed by atoms with Gasteiger partial charge in [0.1, 0.15) is 0 Å². The van der Waals surface area contributed by atoms with Gasteiger partial charge in [-0.25, -0.2) is 8.42 Å². The van der Waals surface area contributed by atoms with E-state index in [1.165, 1.54) is 16.1 Å². The molecule has 0 aliphatic carbocycles. The van der Waals surface area contributed by atoms with Gasteiger partial charge >= 0.3 is 0 Å².